The molecule has 6 nitrogen and oxygen atoms in total. The SMILES string of the molecule is CCc1ccc(C2CNCCN2C(=O)c2nn(CC)c3ccccc3c2=O)cc1. The Morgan fingerprint density at radius 3 is 2.62 bits per heavy atom. The molecule has 2 heterocycles. The predicted octanol–water partition coefficient (Wildman–Crippen LogP) is 2.77. The molecule has 3 aromatic rings. The van der Waals surface area contributed by atoms with Crippen molar-refractivity contribution in [3.8, 4) is 0 Å². The number of piperazine rings is 1. The number of aromatic nitrogens is 2. The lowest BCUT2D eigenvalue weighted by molar-refractivity contribution is 0.0624. The number of carbonyl (C=O) groups is 1. The normalized spacial score (nSPS) is 16.9. The molecule has 29 heavy (non-hydrogen) atoms. The summed E-state index contributed by atoms with van der Waals surface area (Å²) in [7, 11) is 0. The Balaban J connectivity index is 1.75. The van der Waals surface area contributed by atoms with Crippen LogP contribution >= 0.6 is 0 Å². The first kappa shape index (κ1) is 19.3. The third-order valence-corrected chi connectivity index (χ3v) is 5.64. The topological polar surface area (TPSA) is 67.2 Å². The molecule has 1 aromatic heterocycles. The summed E-state index contributed by atoms with van der Waals surface area (Å²) in [6.07, 6.45) is 0.976. The number of hydrogen-bond donors (Lipinski definition) is 1. The minimum absolute atomic E-state index is 0.00243. The van der Waals surface area contributed by atoms with Gasteiger partial charge in [-0.2, -0.15) is 5.10 Å². The molecule has 1 unspecified atom stereocenters. The molecule has 0 radical (unpaired) electrons. The summed E-state index contributed by atoms with van der Waals surface area (Å²) in [5.74, 6) is -0.297. The van der Waals surface area contributed by atoms with E-state index in [1.807, 2.05) is 25.1 Å². The van der Waals surface area contributed by atoms with Crippen LogP contribution in [0.15, 0.2) is 53.3 Å². The first-order chi connectivity index (χ1) is 14.1. The van der Waals surface area contributed by atoms with Crippen molar-refractivity contribution in [2.45, 2.75) is 32.9 Å². The molecular formula is C23H26N4O2. The van der Waals surface area contributed by atoms with Crippen molar-refractivity contribution in [1.82, 2.24) is 20.0 Å². The molecule has 6 heteroatoms. The smallest absolute Gasteiger partial charge is 0.279 e. The van der Waals surface area contributed by atoms with Gasteiger partial charge in [0.2, 0.25) is 5.43 Å². The third kappa shape index (κ3) is 3.56. The third-order valence-electron chi connectivity index (χ3n) is 5.64. The molecule has 1 aliphatic heterocycles. The molecule has 0 bridgehead atoms. The van der Waals surface area contributed by atoms with E-state index in [1.54, 1.807) is 15.6 Å². The van der Waals surface area contributed by atoms with Crippen LogP contribution in [0.5, 0.6) is 0 Å². The quantitative estimate of drug-likeness (QED) is 0.744. The molecule has 0 spiro atoms. The average Bonchev–Trinajstić information content (AvgIpc) is 2.79. The number of nitrogens with one attached hydrogen (secondary N) is 1. The first-order valence-corrected chi connectivity index (χ1v) is 10.2. The Bertz CT molecular complexity index is 1090. The number of nitrogens with zero attached hydrogens (tertiary/aromatic N) is 3. The summed E-state index contributed by atoms with van der Waals surface area (Å²) in [4.78, 5) is 28.3. The van der Waals surface area contributed by atoms with E-state index >= 15 is 0 Å². The van der Waals surface area contributed by atoms with Crippen molar-refractivity contribution in [3.63, 3.8) is 0 Å². The van der Waals surface area contributed by atoms with Gasteiger partial charge in [-0.15, -0.1) is 0 Å². The van der Waals surface area contributed by atoms with Gasteiger partial charge in [-0.05, 0) is 36.6 Å². The maximum atomic E-state index is 13.5. The van der Waals surface area contributed by atoms with Gasteiger partial charge in [-0.3, -0.25) is 14.3 Å². The van der Waals surface area contributed by atoms with Gasteiger partial charge in [0, 0.05) is 31.6 Å². The zero-order valence-corrected chi connectivity index (χ0v) is 16.9. The molecule has 1 N–H and O–H groups in total. The molecule has 0 aliphatic carbocycles. The van der Waals surface area contributed by atoms with Gasteiger partial charge in [0.25, 0.3) is 5.91 Å². The Morgan fingerprint density at radius 1 is 1.14 bits per heavy atom. The summed E-state index contributed by atoms with van der Waals surface area (Å²) in [5.41, 5.74) is 2.79. The maximum Gasteiger partial charge on any atom is 0.279 e. The highest BCUT2D eigenvalue weighted by Crippen LogP contribution is 2.24. The van der Waals surface area contributed by atoms with Gasteiger partial charge in [0.05, 0.1) is 11.6 Å². The fourth-order valence-electron chi connectivity index (χ4n) is 3.98. The van der Waals surface area contributed by atoms with Gasteiger partial charge in [0.1, 0.15) is 0 Å². The van der Waals surface area contributed by atoms with Crippen LogP contribution in [0.25, 0.3) is 10.9 Å². The van der Waals surface area contributed by atoms with E-state index < -0.39 is 0 Å². The van der Waals surface area contributed by atoms with E-state index in [9.17, 15) is 9.59 Å². The second kappa shape index (κ2) is 8.17. The maximum absolute atomic E-state index is 13.5. The molecular weight excluding hydrogens is 364 g/mol. The summed E-state index contributed by atoms with van der Waals surface area (Å²) < 4.78 is 1.73. The van der Waals surface area contributed by atoms with Crippen LogP contribution in [0.1, 0.15) is 41.5 Å². The van der Waals surface area contributed by atoms with Gasteiger partial charge in [-0.25, -0.2) is 0 Å². The Morgan fingerprint density at radius 2 is 1.90 bits per heavy atom. The fraction of sp³-hybridized carbons (Fsp3) is 0.348. The van der Waals surface area contributed by atoms with Gasteiger partial charge < -0.3 is 10.2 Å². The number of rotatable bonds is 4. The number of benzene rings is 2. The highest BCUT2D eigenvalue weighted by Gasteiger charge is 2.31. The molecule has 150 valence electrons. The highest BCUT2D eigenvalue weighted by atomic mass is 16.2. The second-order valence-corrected chi connectivity index (χ2v) is 7.32. The van der Waals surface area contributed by atoms with Crippen molar-refractivity contribution in [3.05, 3.63) is 75.6 Å². The number of para-hydroxylation sites is 1. The second-order valence-electron chi connectivity index (χ2n) is 7.32. The van der Waals surface area contributed by atoms with E-state index in [4.69, 9.17) is 0 Å². The number of aryl methyl sites for hydroxylation is 2. The van der Waals surface area contributed by atoms with Crippen molar-refractivity contribution < 1.29 is 4.79 Å². The van der Waals surface area contributed by atoms with Crippen LogP contribution in [-0.4, -0.2) is 40.2 Å². The van der Waals surface area contributed by atoms with E-state index in [2.05, 4.69) is 41.6 Å². The lowest BCUT2D eigenvalue weighted by Gasteiger charge is -2.36. The lowest BCUT2D eigenvalue weighted by atomic mass is 10.0. The number of fused-ring (bicyclic) bond motifs is 1. The van der Waals surface area contributed by atoms with Crippen LogP contribution in [0.3, 0.4) is 0 Å². The van der Waals surface area contributed by atoms with Crippen molar-refractivity contribution in [2.24, 2.45) is 0 Å². The van der Waals surface area contributed by atoms with Crippen LogP contribution in [0.2, 0.25) is 0 Å². The minimum Gasteiger partial charge on any atom is -0.328 e. The zero-order valence-electron chi connectivity index (χ0n) is 16.9. The summed E-state index contributed by atoms with van der Waals surface area (Å²) in [6, 6.07) is 15.6. The van der Waals surface area contributed by atoms with Gasteiger partial charge in [-0.1, -0.05) is 43.3 Å². The van der Waals surface area contributed by atoms with Crippen LogP contribution in [0.4, 0.5) is 0 Å². The van der Waals surface area contributed by atoms with Gasteiger partial charge >= 0.3 is 0 Å². The standard InChI is InChI=1S/C23H26N4O2/c1-3-16-9-11-17(12-10-16)20-15-24-13-14-26(20)23(29)21-22(28)18-7-5-6-8-19(18)27(4-2)25-21/h5-12,20,24H,3-4,13-15H2,1-2H3. The molecule has 1 saturated heterocycles. The van der Waals surface area contributed by atoms with Crippen LogP contribution in [-0.2, 0) is 13.0 Å². The number of amides is 1. The monoisotopic (exact) mass is 390 g/mol. The molecule has 4 rings (SSSR count). The number of carbonyl (C=O) groups excluding carboxylic acids is 1. The summed E-state index contributed by atoms with van der Waals surface area (Å²) in [6.45, 7) is 6.57. The lowest BCUT2D eigenvalue weighted by Crippen LogP contribution is -2.50. The van der Waals surface area contributed by atoms with Crippen LogP contribution in [0, 0.1) is 0 Å². The molecule has 1 atom stereocenters. The molecule has 0 saturated carbocycles. The van der Waals surface area contributed by atoms with Gasteiger partial charge in [0.15, 0.2) is 5.69 Å². The fourth-order valence-corrected chi connectivity index (χ4v) is 3.98. The van der Waals surface area contributed by atoms with E-state index in [0.717, 1.165) is 17.5 Å². The molecule has 1 fully saturated rings. The molecule has 1 aliphatic rings. The predicted molar refractivity (Wildman–Crippen MR) is 114 cm³/mol. The zero-order chi connectivity index (χ0) is 20.4. The highest BCUT2D eigenvalue weighted by molar-refractivity contribution is 5.95. The minimum atomic E-state index is -0.297. The Hall–Kier alpha value is -2.99. The Labute approximate surface area is 170 Å². The van der Waals surface area contributed by atoms with Crippen LogP contribution < -0.4 is 10.7 Å². The van der Waals surface area contributed by atoms with E-state index in [1.165, 1.54) is 5.56 Å². The van der Waals surface area contributed by atoms with Crippen molar-refractivity contribution in [2.75, 3.05) is 19.6 Å². The average molecular weight is 390 g/mol. The largest absolute Gasteiger partial charge is 0.328 e. The van der Waals surface area contributed by atoms with Crippen molar-refractivity contribution in [1.29, 1.82) is 0 Å². The summed E-state index contributed by atoms with van der Waals surface area (Å²) >= 11 is 0. The molecule has 2 aromatic carbocycles. The van der Waals surface area contributed by atoms with Crippen molar-refractivity contribution >= 4 is 16.8 Å². The molecule has 1 amide bonds. The van der Waals surface area contributed by atoms with E-state index in [0.29, 0.717) is 31.6 Å². The Kier molecular flexibility index (Phi) is 5.45. The first-order valence-electron chi connectivity index (χ1n) is 10.2. The summed E-state index contributed by atoms with van der Waals surface area (Å²) in [5, 5.41) is 8.34. The van der Waals surface area contributed by atoms with E-state index in [-0.39, 0.29) is 23.1 Å². The number of hydrogen-bond acceptors (Lipinski definition) is 4.